The highest BCUT2D eigenvalue weighted by Gasteiger charge is 2.22. The van der Waals surface area contributed by atoms with Crippen molar-refractivity contribution >= 4 is 0 Å². The molecule has 0 amide bonds. The lowest BCUT2D eigenvalue weighted by atomic mass is 9.91. The Morgan fingerprint density at radius 1 is 1.21 bits per heavy atom. The average molecular weight is 259 g/mol. The maximum absolute atomic E-state index is 5.41. The monoisotopic (exact) mass is 259 g/mol. The molecule has 2 aliphatic rings. The quantitative estimate of drug-likeness (QED) is 0.830. The van der Waals surface area contributed by atoms with Crippen LogP contribution >= 0.6 is 0 Å². The van der Waals surface area contributed by atoms with Gasteiger partial charge in [0.25, 0.3) is 0 Å². The summed E-state index contributed by atoms with van der Waals surface area (Å²) in [5, 5.41) is 0. The minimum absolute atomic E-state index is 0.386. The van der Waals surface area contributed by atoms with Gasteiger partial charge in [0, 0.05) is 6.54 Å². The number of piperidine rings is 1. The smallest absolute Gasteiger partial charge is 0.229 e. The number of likely N-dealkylation sites (tertiary alicyclic amines) is 1. The lowest BCUT2D eigenvalue weighted by Crippen LogP contribution is -2.37. The molecule has 1 fully saturated rings. The topological polar surface area (TPSA) is 21.7 Å². The predicted molar refractivity (Wildman–Crippen MR) is 74.4 cm³/mol. The van der Waals surface area contributed by atoms with E-state index in [2.05, 4.69) is 35.2 Å². The molecule has 19 heavy (non-hydrogen) atoms. The van der Waals surface area contributed by atoms with Gasteiger partial charge in [0.15, 0.2) is 0 Å². The van der Waals surface area contributed by atoms with Crippen molar-refractivity contribution in [3.05, 3.63) is 47.9 Å². The van der Waals surface area contributed by atoms with E-state index >= 15 is 0 Å². The van der Waals surface area contributed by atoms with E-state index in [1.807, 2.05) is 0 Å². The molecule has 0 saturated carbocycles. The van der Waals surface area contributed by atoms with Crippen LogP contribution in [0.2, 0.25) is 0 Å². The number of rotatable bonds is 4. The van der Waals surface area contributed by atoms with Gasteiger partial charge in [-0.1, -0.05) is 30.3 Å². The molecule has 0 N–H and O–H groups in total. The third-order valence-electron chi connectivity index (χ3n) is 3.88. The molecule has 102 valence electrons. The Bertz CT molecular complexity index is 430. The second kappa shape index (κ2) is 6.11. The molecule has 3 heteroatoms. The highest BCUT2D eigenvalue weighted by atomic mass is 16.7. The number of hydrogen-bond acceptors (Lipinski definition) is 3. The van der Waals surface area contributed by atoms with Crippen LogP contribution in [0.4, 0.5) is 0 Å². The zero-order valence-corrected chi connectivity index (χ0v) is 11.3. The van der Waals surface area contributed by atoms with Crippen molar-refractivity contribution in [2.75, 3.05) is 26.4 Å². The maximum Gasteiger partial charge on any atom is 0.229 e. The van der Waals surface area contributed by atoms with E-state index in [1.165, 1.54) is 31.4 Å². The van der Waals surface area contributed by atoms with Gasteiger partial charge < -0.3 is 9.47 Å². The summed E-state index contributed by atoms with van der Waals surface area (Å²) in [5.41, 5.74) is 1.45. The minimum atomic E-state index is 0.386. The summed E-state index contributed by atoms with van der Waals surface area (Å²) in [6.07, 6.45) is 5.56. The second-order valence-electron chi connectivity index (χ2n) is 5.45. The normalized spacial score (nSPS) is 23.6. The predicted octanol–water partition coefficient (Wildman–Crippen LogP) is 2.79. The highest BCUT2D eigenvalue weighted by molar-refractivity contribution is 5.15. The van der Waals surface area contributed by atoms with Crippen molar-refractivity contribution in [1.82, 2.24) is 4.90 Å². The Kier molecular flexibility index (Phi) is 4.04. The molecule has 0 aliphatic carbocycles. The van der Waals surface area contributed by atoms with E-state index in [9.17, 15) is 0 Å². The summed E-state index contributed by atoms with van der Waals surface area (Å²) in [7, 11) is 0. The molecule has 1 aromatic carbocycles. The third-order valence-corrected chi connectivity index (χ3v) is 3.88. The third kappa shape index (κ3) is 3.51. The van der Waals surface area contributed by atoms with Crippen molar-refractivity contribution in [2.24, 2.45) is 5.92 Å². The number of ether oxygens (including phenoxy) is 2. The number of hydrogen-bond donors (Lipinski definition) is 0. The summed E-state index contributed by atoms with van der Waals surface area (Å²) >= 11 is 0. The zero-order chi connectivity index (χ0) is 12.9. The molecule has 3 nitrogen and oxygen atoms in total. The fourth-order valence-electron chi connectivity index (χ4n) is 2.98. The van der Waals surface area contributed by atoms with Crippen LogP contribution in [0.3, 0.4) is 0 Å². The Morgan fingerprint density at radius 3 is 2.89 bits per heavy atom. The molecule has 0 spiro atoms. The molecule has 0 bridgehead atoms. The summed E-state index contributed by atoms with van der Waals surface area (Å²) in [6, 6.07) is 10.8. The van der Waals surface area contributed by atoms with E-state index in [1.54, 1.807) is 6.26 Å². The Balaban J connectivity index is 1.53. The van der Waals surface area contributed by atoms with Crippen molar-refractivity contribution in [3.8, 4) is 0 Å². The summed E-state index contributed by atoms with van der Waals surface area (Å²) in [5.74, 6) is 1.74. The van der Waals surface area contributed by atoms with Gasteiger partial charge in [0.05, 0.1) is 6.54 Å². The Morgan fingerprint density at radius 2 is 2.11 bits per heavy atom. The van der Waals surface area contributed by atoms with Gasteiger partial charge in [0.2, 0.25) is 6.79 Å². The molecule has 1 aromatic rings. The van der Waals surface area contributed by atoms with E-state index in [-0.39, 0.29) is 0 Å². The molecular formula is C16H21NO2. The average Bonchev–Trinajstić information content (AvgIpc) is 2.93. The number of nitrogens with zero attached hydrogens (tertiary/aromatic N) is 1. The first kappa shape index (κ1) is 12.5. The van der Waals surface area contributed by atoms with Crippen molar-refractivity contribution < 1.29 is 9.47 Å². The van der Waals surface area contributed by atoms with Crippen LogP contribution in [0.25, 0.3) is 0 Å². The van der Waals surface area contributed by atoms with E-state index < -0.39 is 0 Å². The molecule has 1 atom stereocenters. The first-order valence-electron chi connectivity index (χ1n) is 7.10. The van der Waals surface area contributed by atoms with E-state index in [0.29, 0.717) is 6.79 Å². The molecule has 2 heterocycles. The van der Waals surface area contributed by atoms with Crippen LogP contribution in [-0.4, -0.2) is 31.3 Å². The summed E-state index contributed by atoms with van der Waals surface area (Å²) in [6.45, 7) is 3.61. The lowest BCUT2D eigenvalue weighted by Gasteiger charge is -2.32. The SMILES string of the molecule is C1=C(CN2CCCC(Cc3ccccc3)C2)OCO1. The van der Waals surface area contributed by atoms with Gasteiger partial charge in [-0.15, -0.1) is 0 Å². The summed E-state index contributed by atoms with van der Waals surface area (Å²) in [4.78, 5) is 2.48. The van der Waals surface area contributed by atoms with E-state index in [4.69, 9.17) is 9.47 Å². The van der Waals surface area contributed by atoms with Gasteiger partial charge in [-0.2, -0.15) is 0 Å². The van der Waals surface area contributed by atoms with Gasteiger partial charge >= 0.3 is 0 Å². The summed E-state index contributed by atoms with van der Waals surface area (Å²) < 4.78 is 10.5. The zero-order valence-electron chi connectivity index (χ0n) is 11.3. The fraction of sp³-hybridized carbons (Fsp3) is 0.500. The minimum Gasteiger partial charge on any atom is -0.462 e. The first-order valence-corrected chi connectivity index (χ1v) is 7.10. The fourth-order valence-corrected chi connectivity index (χ4v) is 2.98. The molecule has 1 saturated heterocycles. The standard InChI is InChI=1S/C16H21NO2/c1-2-5-14(6-3-1)9-15-7-4-8-17(10-15)11-16-12-18-13-19-16/h1-3,5-6,12,15H,4,7-11,13H2. The van der Waals surface area contributed by atoms with Crippen LogP contribution in [0, 0.1) is 5.92 Å². The maximum atomic E-state index is 5.41. The molecule has 0 aromatic heterocycles. The van der Waals surface area contributed by atoms with Gasteiger partial charge in [-0.3, -0.25) is 4.90 Å². The van der Waals surface area contributed by atoms with Crippen LogP contribution in [0.5, 0.6) is 0 Å². The Hall–Kier alpha value is -1.48. The van der Waals surface area contributed by atoms with Gasteiger partial charge in [-0.25, -0.2) is 0 Å². The van der Waals surface area contributed by atoms with Crippen LogP contribution in [-0.2, 0) is 15.9 Å². The molecule has 3 rings (SSSR count). The largest absolute Gasteiger partial charge is 0.462 e. The van der Waals surface area contributed by atoms with Gasteiger partial charge in [-0.05, 0) is 37.3 Å². The van der Waals surface area contributed by atoms with Crippen LogP contribution in [0.15, 0.2) is 42.4 Å². The second-order valence-corrected chi connectivity index (χ2v) is 5.45. The number of benzene rings is 1. The van der Waals surface area contributed by atoms with E-state index in [0.717, 1.165) is 24.8 Å². The lowest BCUT2D eigenvalue weighted by molar-refractivity contribution is 0.0683. The van der Waals surface area contributed by atoms with Crippen molar-refractivity contribution in [3.63, 3.8) is 0 Å². The van der Waals surface area contributed by atoms with Gasteiger partial charge in [0.1, 0.15) is 12.0 Å². The van der Waals surface area contributed by atoms with Crippen LogP contribution < -0.4 is 0 Å². The highest BCUT2D eigenvalue weighted by Crippen LogP contribution is 2.22. The molecule has 2 aliphatic heterocycles. The van der Waals surface area contributed by atoms with Crippen molar-refractivity contribution in [1.29, 1.82) is 0 Å². The van der Waals surface area contributed by atoms with Crippen LogP contribution in [0.1, 0.15) is 18.4 Å². The molecule has 1 unspecified atom stereocenters. The molecule has 0 radical (unpaired) electrons. The molecular weight excluding hydrogens is 238 g/mol. The first-order chi connectivity index (χ1) is 9.40. The Labute approximate surface area is 114 Å². The van der Waals surface area contributed by atoms with Crippen molar-refractivity contribution in [2.45, 2.75) is 19.3 Å².